The van der Waals surface area contributed by atoms with Gasteiger partial charge < -0.3 is 5.43 Å². The lowest BCUT2D eigenvalue weighted by atomic mass is 10.1. The second-order valence-electron chi connectivity index (χ2n) is 2.40. The normalized spacial score (nSPS) is 32.9. The third-order valence-corrected chi connectivity index (χ3v) is 2.80. The standard InChI is InChI=1S/C6H10N2S/c1-2-9-4-5-3-7-8-6(1)5/h1,5,7-8H,2-4H2. The van der Waals surface area contributed by atoms with E-state index in [-0.39, 0.29) is 0 Å². The predicted octanol–water partition coefficient (Wildman–Crippen LogP) is 0.341. The van der Waals surface area contributed by atoms with E-state index in [0.29, 0.717) is 0 Å². The van der Waals surface area contributed by atoms with Crippen LogP contribution in [-0.4, -0.2) is 18.1 Å². The van der Waals surface area contributed by atoms with Crippen LogP contribution in [0.5, 0.6) is 0 Å². The summed E-state index contributed by atoms with van der Waals surface area (Å²) in [5.74, 6) is 3.23. The lowest BCUT2D eigenvalue weighted by molar-refractivity contribution is 0.692. The molecule has 3 heteroatoms. The lowest BCUT2D eigenvalue weighted by Crippen LogP contribution is -2.20. The summed E-state index contributed by atoms with van der Waals surface area (Å²) in [5, 5.41) is 0. The van der Waals surface area contributed by atoms with E-state index in [2.05, 4.69) is 16.9 Å². The molecule has 1 atom stereocenters. The highest BCUT2D eigenvalue weighted by atomic mass is 32.2. The number of thioether (sulfide) groups is 1. The number of hydrogen-bond donors (Lipinski definition) is 2. The molecule has 50 valence electrons. The molecular formula is C6H10N2S. The van der Waals surface area contributed by atoms with E-state index in [1.165, 1.54) is 17.2 Å². The Kier molecular flexibility index (Phi) is 1.39. The van der Waals surface area contributed by atoms with Crippen molar-refractivity contribution in [3.63, 3.8) is 0 Å². The third-order valence-electron chi connectivity index (χ3n) is 1.76. The Morgan fingerprint density at radius 1 is 1.67 bits per heavy atom. The molecule has 9 heavy (non-hydrogen) atoms. The molecule has 2 aliphatic heterocycles. The van der Waals surface area contributed by atoms with Gasteiger partial charge in [0.25, 0.3) is 0 Å². The first-order chi connectivity index (χ1) is 4.47. The Labute approximate surface area is 59.1 Å². The van der Waals surface area contributed by atoms with Crippen molar-refractivity contribution >= 4 is 11.8 Å². The molecule has 2 heterocycles. The second-order valence-corrected chi connectivity index (χ2v) is 3.47. The minimum atomic E-state index is 0.767. The fraction of sp³-hybridized carbons (Fsp3) is 0.667. The highest BCUT2D eigenvalue weighted by molar-refractivity contribution is 7.99. The van der Waals surface area contributed by atoms with Gasteiger partial charge in [-0.1, -0.05) is 6.08 Å². The van der Waals surface area contributed by atoms with Crippen molar-refractivity contribution in [2.75, 3.05) is 18.1 Å². The SMILES string of the molecule is C1=C2NNCC2CSC1. The first-order valence-corrected chi connectivity index (χ1v) is 4.39. The molecule has 0 saturated carbocycles. The molecule has 0 aliphatic carbocycles. The maximum absolute atomic E-state index is 3.16. The predicted molar refractivity (Wildman–Crippen MR) is 40.0 cm³/mol. The zero-order chi connectivity index (χ0) is 6.10. The Morgan fingerprint density at radius 3 is 3.56 bits per heavy atom. The van der Waals surface area contributed by atoms with Crippen LogP contribution in [0.15, 0.2) is 11.8 Å². The molecule has 1 saturated heterocycles. The van der Waals surface area contributed by atoms with Crippen LogP contribution >= 0.6 is 11.8 Å². The van der Waals surface area contributed by atoms with E-state index in [1.807, 2.05) is 11.8 Å². The van der Waals surface area contributed by atoms with Crippen LogP contribution in [0.3, 0.4) is 0 Å². The molecule has 1 fully saturated rings. The average molecular weight is 142 g/mol. The second kappa shape index (κ2) is 2.23. The fourth-order valence-electron chi connectivity index (χ4n) is 1.21. The first-order valence-electron chi connectivity index (χ1n) is 3.23. The van der Waals surface area contributed by atoms with Crippen molar-refractivity contribution in [1.29, 1.82) is 0 Å². The van der Waals surface area contributed by atoms with E-state index in [1.54, 1.807) is 0 Å². The van der Waals surface area contributed by atoms with Gasteiger partial charge in [-0.05, 0) is 0 Å². The molecule has 2 rings (SSSR count). The molecule has 0 aromatic heterocycles. The Hall–Kier alpha value is -0.150. The van der Waals surface area contributed by atoms with E-state index in [9.17, 15) is 0 Å². The fourth-order valence-corrected chi connectivity index (χ4v) is 2.23. The van der Waals surface area contributed by atoms with Crippen LogP contribution in [0.2, 0.25) is 0 Å². The van der Waals surface area contributed by atoms with Crippen molar-refractivity contribution < 1.29 is 0 Å². The third kappa shape index (κ3) is 0.946. The van der Waals surface area contributed by atoms with Gasteiger partial charge in [-0.15, -0.1) is 0 Å². The Bertz CT molecular complexity index is 144. The van der Waals surface area contributed by atoms with Gasteiger partial charge in [-0.3, -0.25) is 0 Å². The summed E-state index contributed by atoms with van der Waals surface area (Å²) >= 11 is 2.01. The number of hydrogen-bond acceptors (Lipinski definition) is 3. The smallest absolute Gasteiger partial charge is 0.0282 e. The largest absolute Gasteiger partial charge is 0.326 e. The Balaban J connectivity index is 2.16. The number of fused-ring (bicyclic) bond motifs is 1. The van der Waals surface area contributed by atoms with E-state index in [4.69, 9.17) is 0 Å². The molecule has 0 amide bonds. The quantitative estimate of drug-likeness (QED) is 0.510. The molecule has 0 aromatic rings. The molecule has 0 radical (unpaired) electrons. The van der Waals surface area contributed by atoms with Gasteiger partial charge in [0.05, 0.1) is 0 Å². The molecular weight excluding hydrogens is 132 g/mol. The number of hydrazine groups is 1. The van der Waals surface area contributed by atoms with Crippen LogP contribution < -0.4 is 10.9 Å². The van der Waals surface area contributed by atoms with Gasteiger partial charge in [0.1, 0.15) is 0 Å². The van der Waals surface area contributed by atoms with E-state index >= 15 is 0 Å². The minimum absolute atomic E-state index is 0.767. The van der Waals surface area contributed by atoms with Crippen LogP contribution in [0.4, 0.5) is 0 Å². The van der Waals surface area contributed by atoms with Gasteiger partial charge in [0, 0.05) is 29.7 Å². The first kappa shape index (κ1) is 5.62. The van der Waals surface area contributed by atoms with Gasteiger partial charge >= 0.3 is 0 Å². The maximum atomic E-state index is 3.16. The summed E-state index contributed by atoms with van der Waals surface area (Å²) in [6, 6.07) is 0. The average Bonchev–Trinajstić information content (AvgIpc) is 2.33. The van der Waals surface area contributed by atoms with Gasteiger partial charge in [0.2, 0.25) is 0 Å². The summed E-state index contributed by atoms with van der Waals surface area (Å²) in [4.78, 5) is 0. The molecule has 0 spiro atoms. The maximum Gasteiger partial charge on any atom is 0.0282 e. The summed E-state index contributed by atoms with van der Waals surface area (Å²) < 4.78 is 0. The van der Waals surface area contributed by atoms with Crippen LogP contribution in [0.1, 0.15) is 0 Å². The minimum Gasteiger partial charge on any atom is -0.326 e. The lowest BCUT2D eigenvalue weighted by Gasteiger charge is -2.13. The van der Waals surface area contributed by atoms with Crippen LogP contribution in [0.25, 0.3) is 0 Å². The zero-order valence-corrected chi connectivity index (χ0v) is 6.00. The van der Waals surface area contributed by atoms with Crippen molar-refractivity contribution in [2.45, 2.75) is 0 Å². The number of nitrogens with one attached hydrogen (secondary N) is 2. The van der Waals surface area contributed by atoms with Crippen molar-refractivity contribution in [1.82, 2.24) is 10.9 Å². The highest BCUT2D eigenvalue weighted by Crippen LogP contribution is 2.22. The summed E-state index contributed by atoms with van der Waals surface area (Å²) in [5.41, 5.74) is 7.70. The van der Waals surface area contributed by atoms with Crippen LogP contribution in [-0.2, 0) is 0 Å². The monoisotopic (exact) mass is 142 g/mol. The van der Waals surface area contributed by atoms with Crippen molar-refractivity contribution in [2.24, 2.45) is 5.92 Å². The summed E-state index contributed by atoms with van der Waals surface area (Å²) in [7, 11) is 0. The molecule has 2 N–H and O–H groups in total. The molecule has 0 bridgehead atoms. The van der Waals surface area contributed by atoms with Gasteiger partial charge in [0.15, 0.2) is 0 Å². The zero-order valence-electron chi connectivity index (χ0n) is 5.18. The molecule has 1 unspecified atom stereocenters. The summed E-state index contributed by atoms with van der Waals surface area (Å²) in [6.07, 6.45) is 2.28. The Morgan fingerprint density at radius 2 is 2.67 bits per heavy atom. The van der Waals surface area contributed by atoms with Crippen LogP contribution in [0, 0.1) is 5.92 Å². The van der Waals surface area contributed by atoms with Crippen molar-refractivity contribution in [3.05, 3.63) is 11.8 Å². The molecule has 2 nitrogen and oxygen atoms in total. The molecule has 2 aliphatic rings. The topological polar surface area (TPSA) is 24.1 Å². The van der Waals surface area contributed by atoms with Crippen molar-refractivity contribution in [3.8, 4) is 0 Å². The van der Waals surface area contributed by atoms with E-state index in [0.717, 1.165) is 12.5 Å². The highest BCUT2D eigenvalue weighted by Gasteiger charge is 2.21. The number of rotatable bonds is 0. The molecule has 0 aromatic carbocycles. The summed E-state index contributed by atoms with van der Waals surface area (Å²) in [6.45, 7) is 1.11. The van der Waals surface area contributed by atoms with Gasteiger partial charge in [-0.2, -0.15) is 11.8 Å². The van der Waals surface area contributed by atoms with E-state index < -0.39 is 0 Å². The van der Waals surface area contributed by atoms with Gasteiger partial charge in [-0.25, -0.2) is 5.43 Å².